The van der Waals surface area contributed by atoms with Gasteiger partial charge in [0.25, 0.3) is 5.91 Å². The molecule has 1 N–H and O–H groups in total. The summed E-state index contributed by atoms with van der Waals surface area (Å²) in [5, 5.41) is 5.65. The Bertz CT molecular complexity index is 892. The molecule has 1 aromatic heterocycles. The highest BCUT2D eigenvalue weighted by molar-refractivity contribution is 5.94. The van der Waals surface area contributed by atoms with Gasteiger partial charge in [-0.1, -0.05) is 35.5 Å². The first-order valence-electron chi connectivity index (χ1n) is 7.36. The van der Waals surface area contributed by atoms with E-state index in [0.717, 1.165) is 0 Å². The van der Waals surface area contributed by atoms with Crippen LogP contribution in [0.5, 0.6) is 0 Å². The van der Waals surface area contributed by atoms with Crippen LogP contribution in [-0.4, -0.2) is 16.0 Å². The van der Waals surface area contributed by atoms with Crippen LogP contribution in [-0.2, 0) is 11.0 Å². The minimum absolute atomic E-state index is 0.216. The number of benzene rings is 2. The molecule has 134 valence electrons. The summed E-state index contributed by atoms with van der Waals surface area (Å²) >= 11 is 0. The van der Waals surface area contributed by atoms with Crippen LogP contribution in [0.15, 0.2) is 59.1 Å². The first-order chi connectivity index (χ1) is 12.3. The van der Waals surface area contributed by atoms with Gasteiger partial charge in [0.05, 0.1) is 0 Å². The van der Waals surface area contributed by atoms with Gasteiger partial charge in [0.15, 0.2) is 0 Å². The van der Waals surface area contributed by atoms with Crippen LogP contribution in [0.4, 0.5) is 23.2 Å². The van der Waals surface area contributed by atoms with Crippen LogP contribution in [0.2, 0.25) is 0 Å². The van der Waals surface area contributed by atoms with E-state index in [1.54, 1.807) is 18.2 Å². The third kappa shape index (κ3) is 3.88. The number of anilines is 1. The summed E-state index contributed by atoms with van der Waals surface area (Å²) in [6.07, 6.45) is -6.57. The summed E-state index contributed by atoms with van der Waals surface area (Å²) in [6, 6.07) is 13.5. The second-order valence-electron chi connectivity index (χ2n) is 5.26. The lowest BCUT2D eigenvalue weighted by Crippen LogP contribution is -2.17. The molecule has 5 nitrogen and oxygen atoms in total. The van der Waals surface area contributed by atoms with Crippen LogP contribution < -0.4 is 5.32 Å². The zero-order chi connectivity index (χ0) is 18.7. The van der Waals surface area contributed by atoms with Crippen molar-refractivity contribution in [1.29, 1.82) is 0 Å². The topological polar surface area (TPSA) is 68.0 Å². The summed E-state index contributed by atoms with van der Waals surface area (Å²) in [6.45, 7) is 0. The number of carbonyl (C=O) groups excluding carboxylic acids is 1. The van der Waals surface area contributed by atoms with Crippen molar-refractivity contribution in [3.63, 3.8) is 0 Å². The Balaban J connectivity index is 1.70. The molecule has 0 aliphatic rings. The molecule has 3 aromatic rings. The Morgan fingerprint density at radius 2 is 1.69 bits per heavy atom. The molecule has 0 spiro atoms. The molecule has 0 radical (unpaired) electrons. The van der Waals surface area contributed by atoms with Gasteiger partial charge in [-0.15, -0.1) is 0 Å². The number of hydrogen-bond donors (Lipinski definition) is 1. The van der Waals surface area contributed by atoms with E-state index in [1.807, 2.05) is 0 Å². The first kappa shape index (κ1) is 17.6. The average molecular weight is 365 g/mol. The number of aromatic nitrogens is 2. The predicted octanol–water partition coefficient (Wildman–Crippen LogP) is 4.40. The third-order valence-corrected chi connectivity index (χ3v) is 3.40. The first-order valence-corrected chi connectivity index (χ1v) is 7.36. The van der Waals surface area contributed by atoms with Crippen LogP contribution in [0, 0.1) is 0 Å². The molecule has 0 aliphatic carbocycles. The second-order valence-corrected chi connectivity index (χ2v) is 5.26. The third-order valence-electron chi connectivity index (χ3n) is 3.40. The molecule has 26 heavy (non-hydrogen) atoms. The maximum Gasteiger partial charge on any atom is 0.471 e. The highest BCUT2D eigenvalue weighted by atomic mass is 19.4. The molecule has 1 atom stereocenters. The Morgan fingerprint density at radius 3 is 2.27 bits per heavy atom. The molecule has 1 heterocycles. The molecule has 0 fully saturated rings. The lowest BCUT2D eigenvalue weighted by Gasteiger charge is -2.10. The quantitative estimate of drug-likeness (QED) is 0.696. The fourth-order valence-electron chi connectivity index (χ4n) is 2.14. The Labute approximate surface area is 144 Å². The van der Waals surface area contributed by atoms with Gasteiger partial charge >= 0.3 is 12.1 Å². The maximum atomic E-state index is 14.1. The SMILES string of the molecule is O=C(Nc1ccc(-c2noc(C(F)(F)F)n2)cc1)C(F)c1ccccc1. The van der Waals surface area contributed by atoms with E-state index in [1.165, 1.54) is 36.4 Å². The van der Waals surface area contributed by atoms with Gasteiger partial charge in [-0.3, -0.25) is 4.79 Å². The number of nitrogens with one attached hydrogen (secondary N) is 1. The summed E-state index contributed by atoms with van der Waals surface area (Å²) < 4.78 is 55.7. The van der Waals surface area contributed by atoms with E-state index in [0.29, 0.717) is 0 Å². The largest absolute Gasteiger partial charge is 0.471 e. The molecule has 0 bridgehead atoms. The van der Waals surface area contributed by atoms with E-state index in [-0.39, 0.29) is 22.6 Å². The summed E-state index contributed by atoms with van der Waals surface area (Å²) in [5.41, 5.74) is 0.743. The predicted molar refractivity (Wildman–Crippen MR) is 83.7 cm³/mol. The van der Waals surface area contributed by atoms with Gasteiger partial charge in [0.1, 0.15) is 0 Å². The normalized spacial score (nSPS) is 12.6. The minimum Gasteiger partial charge on any atom is -0.329 e. The van der Waals surface area contributed by atoms with Crippen LogP contribution in [0.3, 0.4) is 0 Å². The van der Waals surface area contributed by atoms with Crippen molar-refractivity contribution < 1.29 is 26.9 Å². The summed E-state index contributed by atoms with van der Waals surface area (Å²) in [5.74, 6) is -2.56. The molecule has 9 heteroatoms. The van der Waals surface area contributed by atoms with Crippen LogP contribution in [0.25, 0.3) is 11.4 Å². The second kappa shape index (κ2) is 6.95. The van der Waals surface area contributed by atoms with Crippen molar-refractivity contribution in [2.75, 3.05) is 5.32 Å². The average Bonchev–Trinajstić information content (AvgIpc) is 3.13. The highest BCUT2D eigenvalue weighted by Crippen LogP contribution is 2.29. The fraction of sp³-hybridized carbons (Fsp3) is 0.118. The fourth-order valence-corrected chi connectivity index (χ4v) is 2.14. The van der Waals surface area contributed by atoms with Gasteiger partial charge in [-0.05, 0) is 29.8 Å². The number of nitrogens with zero attached hydrogens (tertiary/aromatic N) is 2. The van der Waals surface area contributed by atoms with E-state index in [4.69, 9.17) is 0 Å². The van der Waals surface area contributed by atoms with E-state index < -0.39 is 24.1 Å². The number of halogens is 4. The zero-order valence-corrected chi connectivity index (χ0v) is 13.0. The standard InChI is InChI=1S/C17H11F4N3O2/c18-13(10-4-2-1-3-5-10)15(25)22-12-8-6-11(7-9-12)14-23-16(26-24-14)17(19,20)21/h1-9,13H,(H,22,25). The van der Waals surface area contributed by atoms with Gasteiger partial charge in [-0.2, -0.15) is 18.2 Å². The molecular formula is C17H11F4N3O2. The van der Waals surface area contributed by atoms with Gasteiger partial charge in [0.2, 0.25) is 12.0 Å². The molecule has 0 saturated carbocycles. The highest BCUT2D eigenvalue weighted by Gasteiger charge is 2.38. The molecule has 2 aromatic carbocycles. The Morgan fingerprint density at radius 1 is 1.04 bits per heavy atom. The van der Waals surface area contributed by atoms with E-state index >= 15 is 0 Å². The van der Waals surface area contributed by atoms with Crippen molar-refractivity contribution in [3.8, 4) is 11.4 Å². The maximum absolute atomic E-state index is 14.1. The van der Waals surface area contributed by atoms with Crippen LogP contribution >= 0.6 is 0 Å². The monoisotopic (exact) mass is 365 g/mol. The number of carbonyl (C=O) groups is 1. The van der Waals surface area contributed by atoms with Crippen molar-refractivity contribution in [1.82, 2.24) is 10.1 Å². The van der Waals surface area contributed by atoms with Crippen LogP contribution in [0.1, 0.15) is 17.6 Å². The number of rotatable bonds is 4. The lowest BCUT2D eigenvalue weighted by molar-refractivity contribution is -0.159. The summed E-state index contributed by atoms with van der Waals surface area (Å²) in [4.78, 5) is 15.2. The number of hydrogen-bond acceptors (Lipinski definition) is 4. The Kier molecular flexibility index (Phi) is 4.70. The van der Waals surface area contributed by atoms with Crippen molar-refractivity contribution >= 4 is 11.6 Å². The molecule has 0 aliphatic heterocycles. The molecule has 1 unspecified atom stereocenters. The molecule has 0 saturated heterocycles. The molecule has 1 amide bonds. The summed E-state index contributed by atoms with van der Waals surface area (Å²) in [7, 11) is 0. The van der Waals surface area contributed by atoms with E-state index in [9.17, 15) is 22.4 Å². The molecular weight excluding hydrogens is 354 g/mol. The number of amides is 1. The van der Waals surface area contributed by atoms with Gasteiger partial charge in [0, 0.05) is 11.3 Å². The van der Waals surface area contributed by atoms with Crippen molar-refractivity contribution in [2.24, 2.45) is 0 Å². The van der Waals surface area contributed by atoms with E-state index in [2.05, 4.69) is 20.0 Å². The van der Waals surface area contributed by atoms with Crippen molar-refractivity contribution in [3.05, 3.63) is 66.1 Å². The van der Waals surface area contributed by atoms with Crippen molar-refractivity contribution in [2.45, 2.75) is 12.3 Å². The Hall–Kier alpha value is -3.23. The van der Waals surface area contributed by atoms with Gasteiger partial charge < -0.3 is 9.84 Å². The lowest BCUT2D eigenvalue weighted by atomic mass is 10.1. The van der Waals surface area contributed by atoms with Gasteiger partial charge in [-0.25, -0.2) is 4.39 Å². The number of alkyl halides is 4. The molecule has 3 rings (SSSR count). The minimum atomic E-state index is -4.73. The smallest absolute Gasteiger partial charge is 0.329 e. The zero-order valence-electron chi connectivity index (χ0n) is 13.0.